The Kier molecular flexibility index (Phi) is 5.58. The highest BCUT2D eigenvalue weighted by molar-refractivity contribution is 8.06. The summed E-state index contributed by atoms with van der Waals surface area (Å²) in [6.45, 7) is 0.394. The van der Waals surface area contributed by atoms with Gasteiger partial charge in [-0.25, -0.2) is 13.1 Å². The summed E-state index contributed by atoms with van der Waals surface area (Å²) in [5.41, 5.74) is 0.707. The predicted molar refractivity (Wildman–Crippen MR) is 81.1 cm³/mol. The number of rotatable bonds is 5. The summed E-state index contributed by atoms with van der Waals surface area (Å²) in [6, 6.07) is 6.30. The molecule has 4 nitrogen and oxygen atoms in total. The minimum absolute atomic E-state index is 0.0797. The lowest BCUT2D eigenvalue weighted by atomic mass is 10.2. The molecule has 0 aliphatic carbocycles. The molecule has 106 valence electrons. The SMILES string of the molecule is O=S(=O)(NCC1CSCCS1)c1ccc(CO)cc1. The van der Waals surface area contributed by atoms with E-state index in [1.807, 2.05) is 23.5 Å². The minimum Gasteiger partial charge on any atom is -0.392 e. The van der Waals surface area contributed by atoms with Gasteiger partial charge in [0.2, 0.25) is 10.0 Å². The zero-order valence-electron chi connectivity index (χ0n) is 10.4. The van der Waals surface area contributed by atoms with Crippen molar-refractivity contribution in [3.05, 3.63) is 29.8 Å². The number of hydrogen-bond acceptors (Lipinski definition) is 5. The maximum Gasteiger partial charge on any atom is 0.240 e. The monoisotopic (exact) mass is 319 g/mol. The molecule has 1 heterocycles. The molecule has 2 N–H and O–H groups in total. The van der Waals surface area contributed by atoms with Crippen LogP contribution in [0.2, 0.25) is 0 Å². The van der Waals surface area contributed by atoms with E-state index in [9.17, 15) is 8.42 Å². The van der Waals surface area contributed by atoms with Gasteiger partial charge in [-0.1, -0.05) is 12.1 Å². The van der Waals surface area contributed by atoms with E-state index in [1.54, 1.807) is 12.1 Å². The molecule has 1 fully saturated rings. The Morgan fingerprint density at radius 2 is 2.00 bits per heavy atom. The predicted octanol–water partition coefficient (Wildman–Crippen LogP) is 1.31. The first kappa shape index (κ1) is 15.2. The number of aliphatic hydroxyl groups is 1. The van der Waals surface area contributed by atoms with Crippen LogP contribution in [0.3, 0.4) is 0 Å². The van der Waals surface area contributed by atoms with Gasteiger partial charge in [0.25, 0.3) is 0 Å². The smallest absolute Gasteiger partial charge is 0.240 e. The molecule has 1 atom stereocenters. The molecule has 1 aromatic carbocycles. The zero-order chi connectivity index (χ0) is 13.7. The number of nitrogens with one attached hydrogen (secondary N) is 1. The van der Waals surface area contributed by atoms with Gasteiger partial charge in [-0.15, -0.1) is 0 Å². The van der Waals surface area contributed by atoms with Crippen molar-refractivity contribution in [1.82, 2.24) is 4.72 Å². The maximum atomic E-state index is 12.1. The second-order valence-electron chi connectivity index (χ2n) is 4.22. The molecule has 2 rings (SSSR count). The molecule has 0 saturated carbocycles. The van der Waals surface area contributed by atoms with Crippen molar-refractivity contribution in [2.24, 2.45) is 0 Å². The van der Waals surface area contributed by atoms with Crippen LogP contribution in [0.15, 0.2) is 29.2 Å². The Balaban J connectivity index is 1.96. The fourth-order valence-corrected chi connectivity index (χ4v) is 5.51. The quantitative estimate of drug-likeness (QED) is 0.856. The van der Waals surface area contributed by atoms with Crippen LogP contribution in [0.1, 0.15) is 5.56 Å². The molecule has 7 heteroatoms. The lowest BCUT2D eigenvalue weighted by Crippen LogP contribution is -2.33. The first-order valence-corrected chi connectivity index (χ1v) is 9.69. The van der Waals surface area contributed by atoms with Crippen molar-refractivity contribution in [3.8, 4) is 0 Å². The maximum absolute atomic E-state index is 12.1. The van der Waals surface area contributed by atoms with Crippen LogP contribution >= 0.6 is 23.5 Å². The lowest BCUT2D eigenvalue weighted by molar-refractivity contribution is 0.282. The van der Waals surface area contributed by atoms with Gasteiger partial charge in [0.05, 0.1) is 11.5 Å². The van der Waals surface area contributed by atoms with Gasteiger partial charge in [0.1, 0.15) is 0 Å². The Labute approximate surface area is 122 Å². The fraction of sp³-hybridized carbons (Fsp3) is 0.500. The third-order valence-corrected chi connectivity index (χ3v) is 7.09. The first-order valence-electron chi connectivity index (χ1n) is 6.00. The molecule has 1 aliphatic rings. The molecule has 0 radical (unpaired) electrons. The van der Waals surface area contributed by atoms with Crippen LogP contribution in [0.5, 0.6) is 0 Å². The number of hydrogen-bond donors (Lipinski definition) is 2. The van der Waals surface area contributed by atoms with Crippen LogP contribution in [-0.2, 0) is 16.6 Å². The Bertz CT molecular complexity index is 495. The Hall–Kier alpha value is -0.210. The third-order valence-electron chi connectivity index (χ3n) is 2.80. The molecule has 0 aromatic heterocycles. The molecule has 19 heavy (non-hydrogen) atoms. The summed E-state index contributed by atoms with van der Waals surface area (Å²) >= 11 is 3.70. The molecular weight excluding hydrogens is 302 g/mol. The highest BCUT2D eigenvalue weighted by atomic mass is 32.2. The van der Waals surface area contributed by atoms with E-state index in [2.05, 4.69) is 4.72 Å². The second kappa shape index (κ2) is 6.99. The Morgan fingerprint density at radius 1 is 1.26 bits per heavy atom. The number of thioether (sulfide) groups is 2. The van der Waals surface area contributed by atoms with Crippen LogP contribution in [-0.4, -0.2) is 42.6 Å². The van der Waals surface area contributed by atoms with Gasteiger partial charge in [-0.05, 0) is 17.7 Å². The van der Waals surface area contributed by atoms with E-state index < -0.39 is 10.0 Å². The van der Waals surface area contributed by atoms with E-state index in [0.717, 1.165) is 17.3 Å². The average Bonchev–Trinajstić information content (AvgIpc) is 2.46. The summed E-state index contributed by atoms with van der Waals surface area (Å²) in [7, 11) is -3.44. The van der Waals surface area contributed by atoms with Crippen molar-refractivity contribution >= 4 is 33.5 Å². The van der Waals surface area contributed by atoms with E-state index >= 15 is 0 Å². The summed E-state index contributed by atoms with van der Waals surface area (Å²) in [6.07, 6.45) is 0. The fourth-order valence-electron chi connectivity index (χ4n) is 1.71. The Morgan fingerprint density at radius 3 is 2.58 bits per heavy atom. The van der Waals surface area contributed by atoms with Gasteiger partial charge in [-0.2, -0.15) is 23.5 Å². The third kappa shape index (κ3) is 4.39. The van der Waals surface area contributed by atoms with Crippen LogP contribution < -0.4 is 4.72 Å². The molecule has 1 saturated heterocycles. The van der Waals surface area contributed by atoms with Gasteiger partial charge >= 0.3 is 0 Å². The molecule has 0 bridgehead atoms. The highest BCUT2D eigenvalue weighted by Crippen LogP contribution is 2.23. The van der Waals surface area contributed by atoms with E-state index in [4.69, 9.17) is 5.11 Å². The lowest BCUT2D eigenvalue weighted by Gasteiger charge is -2.21. The molecule has 0 spiro atoms. The molecule has 1 unspecified atom stereocenters. The largest absolute Gasteiger partial charge is 0.392 e. The molecule has 1 aliphatic heterocycles. The molecular formula is C12H17NO3S3. The van der Waals surface area contributed by atoms with E-state index in [1.165, 1.54) is 12.1 Å². The molecule has 1 aromatic rings. The highest BCUT2D eigenvalue weighted by Gasteiger charge is 2.19. The van der Waals surface area contributed by atoms with Gasteiger partial charge in [-0.3, -0.25) is 0 Å². The number of aliphatic hydroxyl groups excluding tert-OH is 1. The van der Waals surface area contributed by atoms with Crippen molar-refractivity contribution in [1.29, 1.82) is 0 Å². The van der Waals surface area contributed by atoms with Crippen LogP contribution in [0.25, 0.3) is 0 Å². The van der Waals surface area contributed by atoms with E-state index in [-0.39, 0.29) is 11.5 Å². The minimum atomic E-state index is -3.44. The van der Waals surface area contributed by atoms with Crippen molar-refractivity contribution in [2.45, 2.75) is 16.8 Å². The topological polar surface area (TPSA) is 66.4 Å². The normalized spacial score (nSPS) is 20.4. The summed E-state index contributed by atoms with van der Waals surface area (Å²) in [5.74, 6) is 3.23. The van der Waals surface area contributed by atoms with E-state index in [0.29, 0.717) is 17.4 Å². The number of benzene rings is 1. The zero-order valence-corrected chi connectivity index (χ0v) is 12.9. The van der Waals surface area contributed by atoms with Gasteiger partial charge < -0.3 is 5.11 Å². The van der Waals surface area contributed by atoms with Crippen LogP contribution in [0, 0.1) is 0 Å². The number of sulfonamides is 1. The van der Waals surface area contributed by atoms with Crippen molar-refractivity contribution in [3.63, 3.8) is 0 Å². The van der Waals surface area contributed by atoms with Crippen LogP contribution in [0.4, 0.5) is 0 Å². The second-order valence-corrected chi connectivity index (χ2v) is 8.55. The van der Waals surface area contributed by atoms with Gasteiger partial charge in [0, 0.05) is 29.1 Å². The van der Waals surface area contributed by atoms with Crippen molar-refractivity contribution < 1.29 is 13.5 Å². The average molecular weight is 319 g/mol. The first-order chi connectivity index (χ1) is 9.12. The van der Waals surface area contributed by atoms with Gasteiger partial charge in [0.15, 0.2) is 0 Å². The molecule has 0 amide bonds. The summed E-state index contributed by atoms with van der Waals surface area (Å²) in [4.78, 5) is 0.248. The van der Waals surface area contributed by atoms with Crippen molar-refractivity contribution in [2.75, 3.05) is 23.8 Å². The standard InChI is InChI=1S/C12H17NO3S3/c14-8-10-1-3-12(4-2-10)19(15,16)13-7-11-9-17-5-6-18-11/h1-4,11,13-14H,5-9H2. The summed E-state index contributed by atoms with van der Waals surface area (Å²) in [5, 5.41) is 9.29. The summed E-state index contributed by atoms with van der Waals surface area (Å²) < 4.78 is 26.8.